The first-order valence-electron chi connectivity index (χ1n) is 8.37. The zero-order valence-corrected chi connectivity index (χ0v) is 15.5. The predicted octanol–water partition coefficient (Wildman–Crippen LogP) is 3.84. The standard InChI is InChI=1S/C20H18Cl2N2O2/c21-15-4-1-3-14(11-15)8-10-20(26)9-2-5-17(12-20)24-19(25)18-7-6-16(22)13-23-18/h1,3-4,6-7,11,13,17,26H,2,5,9,12H2,(H,24,25)/t17-,20?/m0/s1. The Kier molecular flexibility index (Phi) is 5.83. The maximum atomic E-state index is 12.3. The Bertz CT molecular complexity index is 858. The van der Waals surface area contributed by atoms with Gasteiger partial charge in [-0.3, -0.25) is 4.79 Å². The molecule has 1 unspecified atom stereocenters. The molecule has 0 radical (unpaired) electrons. The molecule has 134 valence electrons. The number of rotatable bonds is 2. The molecule has 1 fully saturated rings. The summed E-state index contributed by atoms with van der Waals surface area (Å²) in [7, 11) is 0. The van der Waals surface area contributed by atoms with Gasteiger partial charge in [0.2, 0.25) is 0 Å². The van der Waals surface area contributed by atoms with Crippen LogP contribution >= 0.6 is 23.2 Å². The molecule has 2 aromatic rings. The Morgan fingerprint density at radius 2 is 2.12 bits per heavy atom. The largest absolute Gasteiger partial charge is 0.378 e. The lowest BCUT2D eigenvalue weighted by atomic mass is 9.82. The summed E-state index contributed by atoms with van der Waals surface area (Å²) in [6, 6.07) is 10.2. The highest BCUT2D eigenvalue weighted by Crippen LogP contribution is 2.28. The van der Waals surface area contributed by atoms with Crippen molar-refractivity contribution in [3.05, 3.63) is 63.9 Å². The molecule has 4 nitrogen and oxygen atoms in total. The van der Waals surface area contributed by atoms with Crippen molar-refractivity contribution in [1.29, 1.82) is 0 Å². The lowest BCUT2D eigenvalue weighted by molar-refractivity contribution is 0.0451. The highest BCUT2D eigenvalue weighted by molar-refractivity contribution is 6.30. The van der Waals surface area contributed by atoms with Gasteiger partial charge in [0.25, 0.3) is 5.91 Å². The lowest BCUT2D eigenvalue weighted by Crippen LogP contribution is -2.45. The van der Waals surface area contributed by atoms with Gasteiger partial charge < -0.3 is 10.4 Å². The summed E-state index contributed by atoms with van der Waals surface area (Å²) in [6.07, 6.45) is 3.95. The van der Waals surface area contributed by atoms with Crippen LogP contribution in [0.15, 0.2) is 42.6 Å². The fraction of sp³-hybridized carbons (Fsp3) is 0.300. The van der Waals surface area contributed by atoms with E-state index in [1.54, 1.807) is 24.3 Å². The van der Waals surface area contributed by atoms with Gasteiger partial charge in [0.15, 0.2) is 0 Å². The minimum Gasteiger partial charge on any atom is -0.378 e. The van der Waals surface area contributed by atoms with Gasteiger partial charge in [-0.05, 0) is 49.6 Å². The quantitative estimate of drug-likeness (QED) is 0.768. The summed E-state index contributed by atoms with van der Waals surface area (Å²) < 4.78 is 0. The van der Waals surface area contributed by atoms with Crippen molar-refractivity contribution >= 4 is 29.1 Å². The second-order valence-corrected chi connectivity index (χ2v) is 7.29. The Morgan fingerprint density at radius 1 is 1.27 bits per heavy atom. The topological polar surface area (TPSA) is 62.2 Å². The van der Waals surface area contributed by atoms with Crippen LogP contribution in [0.2, 0.25) is 10.0 Å². The van der Waals surface area contributed by atoms with E-state index >= 15 is 0 Å². The maximum Gasteiger partial charge on any atom is 0.270 e. The van der Waals surface area contributed by atoms with Crippen LogP contribution in [0, 0.1) is 11.8 Å². The van der Waals surface area contributed by atoms with Gasteiger partial charge in [0.1, 0.15) is 11.3 Å². The summed E-state index contributed by atoms with van der Waals surface area (Å²) in [5.74, 6) is 5.66. The number of carbonyl (C=O) groups excluding carboxylic acids is 1. The van der Waals surface area contributed by atoms with Crippen molar-refractivity contribution in [2.45, 2.75) is 37.3 Å². The van der Waals surface area contributed by atoms with Crippen LogP contribution in [0.3, 0.4) is 0 Å². The van der Waals surface area contributed by atoms with E-state index in [2.05, 4.69) is 22.1 Å². The van der Waals surface area contributed by atoms with Crippen LogP contribution in [-0.2, 0) is 0 Å². The van der Waals surface area contributed by atoms with Gasteiger partial charge in [0.05, 0.1) is 5.02 Å². The molecule has 1 aromatic carbocycles. The van der Waals surface area contributed by atoms with Crippen molar-refractivity contribution < 1.29 is 9.90 Å². The number of benzene rings is 1. The first-order chi connectivity index (χ1) is 12.4. The van der Waals surface area contributed by atoms with Crippen molar-refractivity contribution in [3.63, 3.8) is 0 Å². The third-order valence-corrected chi connectivity index (χ3v) is 4.75. The number of carbonyl (C=O) groups is 1. The lowest BCUT2D eigenvalue weighted by Gasteiger charge is -2.33. The average molecular weight is 389 g/mol. The van der Waals surface area contributed by atoms with Gasteiger partial charge in [-0.25, -0.2) is 4.98 Å². The molecule has 0 saturated heterocycles. The number of hydrogen-bond acceptors (Lipinski definition) is 3. The van der Waals surface area contributed by atoms with Crippen LogP contribution in [-0.4, -0.2) is 27.6 Å². The van der Waals surface area contributed by atoms with E-state index in [0.29, 0.717) is 28.6 Å². The van der Waals surface area contributed by atoms with E-state index in [1.165, 1.54) is 6.20 Å². The molecule has 1 heterocycles. The molecule has 0 spiro atoms. The number of aliphatic hydroxyl groups is 1. The van der Waals surface area contributed by atoms with Crippen molar-refractivity contribution in [2.24, 2.45) is 0 Å². The van der Waals surface area contributed by atoms with Crippen molar-refractivity contribution in [3.8, 4) is 11.8 Å². The van der Waals surface area contributed by atoms with Crippen LogP contribution < -0.4 is 5.32 Å². The molecule has 6 heteroatoms. The van der Waals surface area contributed by atoms with E-state index in [1.807, 2.05) is 12.1 Å². The zero-order chi connectivity index (χ0) is 18.6. The molecule has 1 aromatic heterocycles. The Morgan fingerprint density at radius 3 is 2.85 bits per heavy atom. The van der Waals surface area contributed by atoms with Gasteiger partial charge in [-0.1, -0.05) is 41.1 Å². The molecule has 1 saturated carbocycles. The first kappa shape index (κ1) is 18.7. The third-order valence-electron chi connectivity index (χ3n) is 4.29. The molecule has 0 aliphatic heterocycles. The highest BCUT2D eigenvalue weighted by atomic mass is 35.5. The van der Waals surface area contributed by atoms with Gasteiger partial charge in [-0.2, -0.15) is 0 Å². The molecule has 1 aliphatic carbocycles. The van der Waals surface area contributed by atoms with Gasteiger partial charge >= 0.3 is 0 Å². The third kappa shape index (κ3) is 4.98. The summed E-state index contributed by atoms with van der Waals surface area (Å²) in [5.41, 5.74) is -0.0812. The molecule has 3 rings (SSSR count). The normalized spacial score (nSPS) is 22.2. The molecule has 1 aliphatic rings. The number of hydrogen-bond donors (Lipinski definition) is 2. The van der Waals surface area contributed by atoms with E-state index in [-0.39, 0.29) is 11.9 Å². The zero-order valence-electron chi connectivity index (χ0n) is 14.0. The number of nitrogens with zero attached hydrogens (tertiary/aromatic N) is 1. The van der Waals surface area contributed by atoms with E-state index in [9.17, 15) is 9.90 Å². The molecule has 1 amide bonds. The molecular formula is C20H18Cl2N2O2. The number of pyridine rings is 1. The van der Waals surface area contributed by atoms with Crippen LogP contribution in [0.5, 0.6) is 0 Å². The summed E-state index contributed by atoms with van der Waals surface area (Å²) in [5, 5.41) is 14.8. The Hall–Kier alpha value is -2.06. The fourth-order valence-corrected chi connectivity index (χ4v) is 3.32. The Labute approximate surface area is 162 Å². The predicted molar refractivity (Wildman–Crippen MR) is 102 cm³/mol. The minimum atomic E-state index is -1.13. The molecular weight excluding hydrogens is 371 g/mol. The monoisotopic (exact) mass is 388 g/mol. The number of amides is 1. The summed E-state index contributed by atoms with van der Waals surface area (Å²) in [6.45, 7) is 0. The SMILES string of the molecule is O=C(N[C@H]1CCCC(O)(C#Cc2cccc(Cl)c2)C1)c1ccc(Cl)cn1. The van der Waals surface area contributed by atoms with Crippen LogP contribution in [0.25, 0.3) is 0 Å². The summed E-state index contributed by atoms with van der Waals surface area (Å²) in [4.78, 5) is 16.3. The number of nitrogens with one attached hydrogen (secondary N) is 1. The van der Waals surface area contributed by atoms with Crippen molar-refractivity contribution in [1.82, 2.24) is 10.3 Å². The second kappa shape index (κ2) is 8.09. The van der Waals surface area contributed by atoms with Gasteiger partial charge in [0, 0.05) is 29.2 Å². The molecule has 2 N–H and O–H groups in total. The molecule has 26 heavy (non-hydrogen) atoms. The first-order valence-corrected chi connectivity index (χ1v) is 9.13. The minimum absolute atomic E-state index is 0.160. The van der Waals surface area contributed by atoms with E-state index in [0.717, 1.165) is 18.4 Å². The van der Waals surface area contributed by atoms with Crippen LogP contribution in [0.1, 0.15) is 41.7 Å². The number of halogens is 2. The number of aromatic nitrogens is 1. The maximum absolute atomic E-state index is 12.3. The highest BCUT2D eigenvalue weighted by Gasteiger charge is 2.33. The second-order valence-electron chi connectivity index (χ2n) is 6.42. The summed E-state index contributed by atoms with van der Waals surface area (Å²) >= 11 is 11.7. The smallest absolute Gasteiger partial charge is 0.270 e. The van der Waals surface area contributed by atoms with Crippen LogP contribution in [0.4, 0.5) is 0 Å². The fourth-order valence-electron chi connectivity index (χ4n) is 3.01. The molecule has 0 bridgehead atoms. The average Bonchev–Trinajstić information content (AvgIpc) is 2.61. The molecule has 2 atom stereocenters. The van der Waals surface area contributed by atoms with Gasteiger partial charge in [-0.15, -0.1) is 0 Å². The van der Waals surface area contributed by atoms with Crippen molar-refractivity contribution in [2.75, 3.05) is 0 Å². The van der Waals surface area contributed by atoms with E-state index in [4.69, 9.17) is 23.2 Å². The Balaban J connectivity index is 1.66. The van der Waals surface area contributed by atoms with E-state index < -0.39 is 5.60 Å².